The van der Waals surface area contributed by atoms with Crippen molar-refractivity contribution in [1.82, 2.24) is 9.47 Å². The van der Waals surface area contributed by atoms with Crippen molar-refractivity contribution in [2.24, 2.45) is 5.92 Å². The molecular formula is C24H26N4O3S. The van der Waals surface area contributed by atoms with Crippen molar-refractivity contribution in [3.05, 3.63) is 74.8 Å². The second-order valence-corrected chi connectivity index (χ2v) is 9.42. The third-order valence-corrected chi connectivity index (χ3v) is 7.14. The van der Waals surface area contributed by atoms with Crippen molar-refractivity contribution >= 4 is 28.7 Å². The van der Waals surface area contributed by atoms with E-state index in [-0.39, 0.29) is 23.4 Å². The number of aromatic nitrogens is 1. The predicted molar refractivity (Wildman–Crippen MR) is 127 cm³/mol. The normalized spacial score (nSPS) is 19.2. The Morgan fingerprint density at radius 2 is 1.97 bits per heavy atom. The molecule has 7 nitrogen and oxygen atoms in total. The zero-order valence-corrected chi connectivity index (χ0v) is 18.7. The Morgan fingerprint density at radius 3 is 2.72 bits per heavy atom. The van der Waals surface area contributed by atoms with Crippen LogP contribution in [0.25, 0.3) is 0 Å². The van der Waals surface area contributed by atoms with Gasteiger partial charge in [0.1, 0.15) is 11.4 Å². The van der Waals surface area contributed by atoms with Crippen LogP contribution in [-0.4, -0.2) is 35.7 Å². The van der Waals surface area contributed by atoms with E-state index in [1.54, 1.807) is 18.4 Å². The summed E-state index contributed by atoms with van der Waals surface area (Å²) in [5.74, 6) is 1.19. The largest absolute Gasteiger partial charge is 0.497 e. The van der Waals surface area contributed by atoms with Crippen molar-refractivity contribution in [3.63, 3.8) is 0 Å². The van der Waals surface area contributed by atoms with Crippen molar-refractivity contribution in [2.45, 2.75) is 25.4 Å². The highest BCUT2D eigenvalue weighted by Gasteiger charge is 2.36. The molecule has 5 rings (SSSR count). The average molecular weight is 451 g/mol. The summed E-state index contributed by atoms with van der Waals surface area (Å²) >= 11 is 1.67. The van der Waals surface area contributed by atoms with Gasteiger partial charge in [0.2, 0.25) is 0 Å². The van der Waals surface area contributed by atoms with Crippen LogP contribution in [0.5, 0.6) is 5.75 Å². The summed E-state index contributed by atoms with van der Waals surface area (Å²) in [4.78, 5) is 29.1. The Morgan fingerprint density at radius 1 is 1.12 bits per heavy atom. The molecule has 2 N–H and O–H groups in total. The van der Waals surface area contributed by atoms with Crippen LogP contribution >= 0.6 is 11.3 Å². The summed E-state index contributed by atoms with van der Waals surface area (Å²) < 4.78 is 7.08. The third kappa shape index (κ3) is 4.10. The summed E-state index contributed by atoms with van der Waals surface area (Å²) in [6.07, 6.45) is 1.01. The van der Waals surface area contributed by atoms with Gasteiger partial charge in [-0.05, 0) is 60.2 Å². The number of anilines is 2. The minimum absolute atomic E-state index is 0.0323. The van der Waals surface area contributed by atoms with Crippen LogP contribution in [0.1, 0.15) is 22.9 Å². The molecule has 2 aliphatic heterocycles. The van der Waals surface area contributed by atoms with Gasteiger partial charge < -0.3 is 24.8 Å². The highest BCUT2D eigenvalue weighted by Crippen LogP contribution is 2.35. The highest BCUT2D eigenvalue weighted by molar-refractivity contribution is 7.09. The molecule has 4 heterocycles. The first-order chi connectivity index (χ1) is 15.6. The number of carbonyl (C=O) groups is 1. The molecule has 1 fully saturated rings. The fourth-order valence-electron chi connectivity index (χ4n) is 4.72. The maximum Gasteiger partial charge on any atom is 0.321 e. The van der Waals surface area contributed by atoms with E-state index in [1.807, 2.05) is 57.3 Å². The number of benzene rings is 1. The Kier molecular flexibility index (Phi) is 5.61. The van der Waals surface area contributed by atoms with E-state index in [0.717, 1.165) is 23.6 Å². The van der Waals surface area contributed by atoms with Gasteiger partial charge in [-0.1, -0.05) is 6.07 Å². The van der Waals surface area contributed by atoms with Crippen LogP contribution in [0.4, 0.5) is 16.2 Å². The minimum atomic E-state index is -0.102. The lowest BCUT2D eigenvalue weighted by atomic mass is 9.83. The van der Waals surface area contributed by atoms with Gasteiger partial charge in [0.05, 0.1) is 7.11 Å². The topological polar surface area (TPSA) is 75.6 Å². The molecule has 0 saturated carbocycles. The Hall–Kier alpha value is -3.26. The van der Waals surface area contributed by atoms with Gasteiger partial charge in [-0.15, -0.1) is 11.3 Å². The second kappa shape index (κ2) is 8.70. The number of carbonyl (C=O) groups excluding carboxylic acids is 1. The number of hydrogen-bond acceptors (Lipinski definition) is 5. The predicted octanol–water partition coefficient (Wildman–Crippen LogP) is 4.18. The standard InChI is InChI=1S/C24H26N4O3S/c1-31-19-6-4-18(5-7-19)26-24(30)27-13-16-11-17(15-27)22-9-8-21(23(29)28(22)14-16)25-12-20-3-2-10-32-20/h2-10,16-17,25H,11-15H2,1H3,(H,26,30)/t16-,17-/m1/s1. The van der Waals surface area contributed by atoms with E-state index in [1.165, 1.54) is 4.88 Å². The molecule has 3 aromatic rings. The number of thiophene rings is 1. The zero-order chi connectivity index (χ0) is 22.1. The number of nitrogens with zero attached hydrogens (tertiary/aromatic N) is 2. The van der Waals surface area contributed by atoms with E-state index in [4.69, 9.17) is 4.74 Å². The van der Waals surface area contributed by atoms with E-state index < -0.39 is 0 Å². The number of hydrogen-bond donors (Lipinski definition) is 2. The highest BCUT2D eigenvalue weighted by atomic mass is 32.1. The lowest BCUT2D eigenvalue weighted by Crippen LogP contribution is -2.50. The van der Waals surface area contributed by atoms with Crippen LogP contribution in [0.3, 0.4) is 0 Å². The van der Waals surface area contributed by atoms with Gasteiger partial charge in [0.15, 0.2) is 0 Å². The van der Waals surface area contributed by atoms with E-state index in [9.17, 15) is 9.59 Å². The minimum Gasteiger partial charge on any atom is -0.497 e. The summed E-state index contributed by atoms with van der Waals surface area (Å²) in [7, 11) is 1.62. The van der Waals surface area contributed by atoms with Gasteiger partial charge in [-0.3, -0.25) is 4.79 Å². The van der Waals surface area contributed by atoms with Gasteiger partial charge in [0, 0.05) is 48.4 Å². The molecule has 0 spiro atoms. The van der Waals surface area contributed by atoms with Gasteiger partial charge in [0.25, 0.3) is 5.56 Å². The molecule has 8 heteroatoms. The lowest BCUT2D eigenvalue weighted by molar-refractivity contribution is 0.139. The Balaban J connectivity index is 1.29. The summed E-state index contributed by atoms with van der Waals surface area (Å²) in [6, 6.07) is 15.2. The molecule has 32 heavy (non-hydrogen) atoms. The summed E-state index contributed by atoms with van der Waals surface area (Å²) in [5, 5.41) is 8.30. The van der Waals surface area contributed by atoms with Crippen LogP contribution in [0.15, 0.2) is 58.7 Å². The second-order valence-electron chi connectivity index (χ2n) is 8.38. The van der Waals surface area contributed by atoms with Gasteiger partial charge >= 0.3 is 6.03 Å². The lowest BCUT2D eigenvalue weighted by Gasteiger charge is -2.42. The number of rotatable bonds is 5. The molecule has 1 aromatic carbocycles. The van der Waals surface area contributed by atoms with Crippen LogP contribution in [-0.2, 0) is 13.1 Å². The van der Waals surface area contributed by atoms with Gasteiger partial charge in [-0.2, -0.15) is 0 Å². The molecule has 2 amide bonds. The molecule has 0 radical (unpaired) electrons. The molecule has 1 saturated heterocycles. The maximum atomic E-state index is 13.1. The third-order valence-electron chi connectivity index (χ3n) is 6.27. The molecule has 166 valence electrons. The molecule has 2 atom stereocenters. The average Bonchev–Trinajstić information content (AvgIpc) is 3.33. The first kappa shape index (κ1) is 20.6. The number of nitrogens with one attached hydrogen (secondary N) is 2. The smallest absolute Gasteiger partial charge is 0.321 e. The van der Waals surface area contributed by atoms with Crippen molar-refractivity contribution in [3.8, 4) is 5.75 Å². The SMILES string of the molecule is COc1ccc(NC(=O)N2C[C@H]3C[C@H](C2)c2ccc(NCc4cccs4)c(=O)n2C3)cc1. The quantitative estimate of drug-likeness (QED) is 0.612. The van der Waals surface area contributed by atoms with Crippen molar-refractivity contribution in [2.75, 3.05) is 30.8 Å². The number of likely N-dealkylation sites (tertiary alicyclic amines) is 1. The van der Waals surface area contributed by atoms with E-state index in [0.29, 0.717) is 31.9 Å². The first-order valence-corrected chi connectivity index (χ1v) is 11.7. The summed E-state index contributed by atoms with van der Waals surface area (Å²) in [6.45, 7) is 2.56. The van der Waals surface area contributed by atoms with Crippen LogP contribution in [0, 0.1) is 5.92 Å². The Bertz CT molecular complexity index is 1160. The molecule has 2 aromatic heterocycles. The first-order valence-electron chi connectivity index (χ1n) is 10.8. The number of urea groups is 1. The van der Waals surface area contributed by atoms with Crippen LogP contribution < -0.4 is 20.9 Å². The van der Waals surface area contributed by atoms with Crippen molar-refractivity contribution < 1.29 is 9.53 Å². The number of ether oxygens (including phenoxy) is 1. The molecule has 0 unspecified atom stereocenters. The Labute approximate surface area is 190 Å². The fourth-order valence-corrected chi connectivity index (χ4v) is 5.36. The van der Waals surface area contributed by atoms with Crippen molar-refractivity contribution in [1.29, 1.82) is 0 Å². The molecule has 0 aliphatic carbocycles. The molecule has 2 aliphatic rings. The fraction of sp³-hybridized carbons (Fsp3) is 0.333. The number of amides is 2. The molecule has 2 bridgehead atoms. The number of methoxy groups -OCH3 is 1. The van der Waals surface area contributed by atoms with E-state index in [2.05, 4.69) is 16.7 Å². The number of piperidine rings is 1. The number of pyridine rings is 1. The van der Waals surface area contributed by atoms with Crippen LogP contribution in [0.2, 0.25) is 0 Å². The van der Waals surface area contributed by atoms with E-state index >= 15 is 0 Å². The monoisotopic (exact) mass is 450 g/mol. The molecular weight excluding hydrogens is 424 g/mol. The van der Waals surface area contributed by atoms with Gasteiger partial charge in [-0.25, -0.2) is 4.79 Å². The maximum absolute atomic E-state index is 13.1. The number of fused-ring (bicyclic) bond motifs is 4. The summed E-state index contributed by atoms with van der Waals surface area (Å²) in [5.41, 5.74) is 2.43. The zero-order valence-electron chi connectivity index (χ0n) is 17.9.